The average Bonchev–Trinajstić information content (AvgIpc) is 2.43. The molecule has 1 aromatic carbocycles. The molecule has 0 unspecified atom stereocenters. The number of nitrogen functional groups attached to an aromatic ring is 1. The molecule has 0 bridgehead atoms. The van der Waals surface area contributed by atoms with E-state index in [9.17, 15) is 4.79 Å². The second-order valence-electron chi connectivity index (χ2n) is 5.91. The Hall–Kier alpha value is -1.03. The Morgan fingerprint density at radius 2 is 2.05 bits per heavy atom. The second kappa shape index (κ2) is 7.11. The summed E-state index contributed by atoms with van der Waals surface area (Å²) in [6, 6.07) is 5.30. The van der Waals surface area contributed by atoms with Crippen molar-refractivity contribution in [3.05, 3.63) is 28.2 Å². The second-order valence-corrected chi connectivity index (χ2v) is 6.76. The molecule has 110 valence electrons. The molecular weight excluding hydrogens is 316 g/mol. The van der Waals surface area contributed by atoms with Crippen molar-refractivity contribution in [3.63, 3.8) is 0 Å². The summed E-state index contributed by atoms with van der Waals surface area (Å²) < 4.78 is 0.788. The standard InChI is InChI=1S/C16H23BrN2O/c1-11-2-4-12(5-3-11)8-9-19-16(20)14-10-13(18)6-7-15(14)17/h6-7,10-12H,2-5,8-9,18H2,1H3,(H,19,20). The number of anilines is 1. The average molecular weight is 339 g/mol. The van der Waals surface area contributed by atoms with Crippen LogP contribution >= 0.6 is 15.9 Å². The van der Waals surface area contributed by atoms with Gasteiger partial charge in [0.1, 0.15) is 0 Å². The predicted octanol–water partition coefficient (Wildman–Crippen LogP) is 3.98. The highest BCUT2D eigenvalue weighted by atomic mass is 79.9. The lowest BCUT2D eigenvalue weighted by molar-refractivity contribution is 0.0949. The molecule has 0 aliphatic heterocycles. The summed E-state index contributed by atoms with van der Waals surface area (Å²) in [5, 5.41) is 3.00. The van der Waals surface area contributed by atoms with Crippen molar-refractivity contribution in [1.29, 1.82) is 0 Å². The number of amides is 1. The molecule has 1 saturated carbocycles. The monoisotopic (exact) mass is 338 g/mol. The largest absolute Gasteiger partial charge is 0.399 e. The van der Waals surface area contributed by atoms with E-state index in [1.54, 1.807) is 12.1 Å². The molecule has 3 N–H and O–H groups in total. The maximum Gasteiger partial charge on any atom is 0.252 e. The minimum Gasteiger partial charge on any atom is -0.399 e. The number of halogens is 1. The molecule has 1 amide bonds. The molecule has 0 atom stereocenters. The van der Waals surface area contributed by atoms with Crippen LogP contribution in [-0.2, 0) is 0 Å². The molecule has 1 aliphatic carbocycles. The molecule has 4 heteroatoms. The Bertz CT molecular complexity index is 468. The van der Waals surface area contributed by atoms with Gasteiger partial charge in [0.05, 0.1) is 5.56 Å². The van der Waals surface area contributed by atoms with Crippen LogP contribution in [0, 0.1) is 11.8 Å². The first-order chi connectivity index (χ1) is 9.56. The van der Waals surface area contributed by atoms with E-state index >= 15 is 0 Å². The van der Waals surface area contributed by atoms with Gasteiger partial charge in [-0.1, -0.05) is 32.6 Å². The zero-order valence-corrected chi connectivity index (χ0v) is 13.6. The van der Waals surface area contributed by atoms with E-state index in [1.807, 2.05) is 6.07 Å². The van der Waals surface area contributed by atoms with Crippen LogP contribution in [0.3, 0.4) is 0 Å². The molecule has 0 aromatic heterocycles. The van der Waals surface area contributed by atoms with Crippen LogP contribution in [0.5, 0.6) is 0 Å². The summed E-state index contributed by atoms with van der Waals surface area (Å²) in [6.07, 6.45) is 6.36. The lowest BCUT2D eigenvalue weighted by Crippen LogP contribution is -2.27. The summed E-state index contributed by atoms with van der Waals surface area (Å²) in [5.41, 5.74) is 6.95. The summed E-state index contributed by atoms with van der Waals surface area (Å²) in [4.78, 5) is 12.1. The maximum absolute atomic E-state index is 12.1. The molecule has 3 nitrogen and oxygen atoms in total. The fourth-order valence-electron chi connectivity index (χ4n) is 2.82. The number of carbonyl (C=O) groups is 1. The van der Waals surface area contributed by atoms with Gasteiger partial charge in [0.25, 0.3) is 5.91 Å². The Labute approximate surface area is 129 Å². The van der Waals surface area contributed by atoms with Crippen LogP contribution in [-0.4, -0.2) is 12.5 Å². The van der Waals surface area contributed by atoms with Crippen molar-refractivity contribution in [2.75, 3.05) is 12.3 Å². The fraction of sp³-hybridized carbons (Fsp3) is 0.562. The summed E-state index contributed by atoms with van der Waals surface area (Å²) >= 11 is 3.39. The quantitative estimate of drug-likeness (QED) is 0.816. The third kappa shape index (κ3) is 4.23. The molecule has 0 heterocycles. The lowest BCUT2D eigenvalue weighted by Gasteiger charge is -2.26. The zero-order valence-electron chi connectivity index (χ0n) is 12.0. The number of nitrogens with one attached hydrogen (secondary N) is 1. The van der Waals surface area contributed by atoms with Crippen LogP contribution in [0.15, 0.2) is 22.7 Å². The summed E-state index contributed by atoms with van der Waals surface area (Å²) in [5.74, 6) is 1.60. The molecule has 1 aromatic rings. The fourth-order valence-corrected chi connectivity index (χ4v) is 3.25. The highest BCUT2D eigenvalue weighted by molar-refractivity contribution is 9.10. The molecule has 20 heavy (non-hydrogen) atoms. The first-order valence-electron chi connectivity index (χ1n) is 7.39. The van der Waals surface area contributed by atoms with E-state index in [0.717, 1.165) is 29.3 Å². The normalized spacial score (nSPS) is 22.5. The smallest absolute Gasteiger partial charge is 0.252 e. The van der Waals surface area contributed by atoms with Gasteiger partial charge in [-0.05, 0) is 52.4 Å². The minimum atomic E-state index is -0.0478. The molecule has 2 rings (SSSR count). The van der Waals surface area contributed by atoms with Gasteiger partial charge in [-0.2, -0.15) is 0 Å². The first-order valence-corrected chi connectivity index (χ1v) is 8.18. The highest BCUT2D eigenvalue weighted by Crippen LogP contribution is 2.30. The van der Waals surface area contributed by atoms with Crippen LogP contribution in [0.25, 0.3) is 0 Å². The number of nitrogens with two attached hydrogens (primary N) is 1. The van der Waals surface area contributed by atoms with E-state index in [0.29, 0.717) is 11.3 Å². The van der Waals surface area contributed by atoms with Crippen molar-refractivity contribution < 1.29 is 4.79 Å². The minimum absolute atomic E-state index is 0.0478. The van der Waals surface area contributed by atoms with Crippen LogP contribution in [0.1, 0.15) is 49.4 Å². The summed E-state index contributed by atoms with van der Waals surface area (Å²) in [6.45, 7) is 3.08. The van der Waals surface area contributed by atoms with Crippen molar-refractivity contribution >= 4 is 27.5 Å². The van der Waals surface area contributed by atoms with E-state index in [1.165, 1.54) is 25.7 Å². The lowest BCUT2D eigenvalue weighted by atomic mass is 9.81. The first kappa shape index (κ1) is 15.4. The van der Waals surface area contributed by atoms with E-state index in [4.69, 9.17) is 5.73 Å². The molecule has 1 fully saturated rings. The zero-order chi connectivity index (χ0) is 14.5. The predicted molar refractivity (Wildman–Crippen MR) is 86.6 cm³/mol. The number of hydrogen-bond donors (Lipinski definition) is 2. The Morgan fingerprint density at radius 3 is 2.75 bits per heavy atom. The number of hydrogen-bond acceptors (Lipinski definition) is 2. The van der Waals surface area contributed by atoms with Gasteiger partial charge in [-0.3, -0.25) is 4.79 Å². The van der Waals surface area contributed by atoms with Crippen LogP contribution < -0.4 is 11.1 Å². The van der Waals surface area contributed by atoms with Gasteiger partial charge >= 0.3 is 0 Å². The molecule has 0 saturated heterocycles. The highest BCUT2D eigenvalue weighted by Gasteiger charge is 2.18. The third-order valence-electron chi connectivity index (χ3n) is 4.21. The molecule has 1 aliphatic rings. The maximum atomic E-state index is 12.1. The van der Waals surface area contributed by atoms with Crippen molar-refractivity contribution in [2.24, 2.45) is 11.8 Å². The van der Waals surface area contributed by atoms with Gasteiger partial charge in [-0.25, -0.2) is 0 Å². The summed E-state index contributed by atoms with van der Waals surface area (Å²) in [7, 11) is 0. The topological polar surface area (TPSA) is 55.1 Å². The van der Waals surface area contributed by atoms with Crippen molar-refractivity contribution in [1.82, 2.24) is 5.32 Å². The van der Waals surface area contributed by atoms with E-state index < -0.39 is 0 Å². The van der Waals surface area contributed by atoms with Gasteiger partial charge in [0, 0.05) is 16.7 Å². The van der Waals surface area contributed by atoms with Gasteiger partial charge in [-0.15, -0.1) is 0 Å². The van der Waals surface area contributed by atoms with Gasteiger partial charge in [0.2, 0.25) is 0 Å². The Balaban J connectivity index is 1.79. The third-order valence-corrected chi connectivity index (χ3v) is 4.90. The number of rotatable bonds is 4. The van der Waals surface area contributed by atoms with Crippen LogP contribution in [0.2, 0.25) is 0 Å². The number of carbonyl (C=O) groups excluding carboxylic acids is 1. The van der Waals surface area contributed by atoms with E-state index in [2.05, 4.69) is 28.2 Å². The van der Waals surface area contributed by atoms with Gasteiger partial charge in [0.15, 0.2) is 0 Å². The number of benzene rings is 1. The van der Waals surface area contributed by atoms with Crippen LogP contribution in [0.4, 0.5) is 5.69 Å². The Morgan fingerprint density at radius 1 is 1.35 bits per heavy atom. The Kier molecular flexibility index (Phi) is 5.46. The molecule has 0 spiro atoms. The SMILES string of the molecule is CC1CCC(CCNC(=O)c2cc(N)ccc2Br)CC1. The van der Waals surface area contributed by atoms with Gasteiger partial charge < -0.3 is 11.1 Å². The van der Waals surface area contributed by atoms with E-state index in [-0.39, 0.29) is 5.91 Å². The molecular formula is C16H23BrN2O. The molecule has 0 radical (unpaired) electrons. The van der Waals surface area contributed by atoms with Crippen molar-refractivity contribution in [2.45, 2.75) is 39.0 Å². The van der Waals surface area contributed by atoms with Crippen molar-refractivity contribution in [3.8, 4) is 0 Å².